The van der Waals surface area contributed by atoms with Crippen LogP contribution in [0.5, 0.6) is 0 Å². The number of likely N-dealkylation sites (tertiary alicyclic amines) is 1. The van der Waals surface area contributed by atoms with Crippen molar-refractivity contribution < 1.29 is 9.21 Å². The van der Waals surface area contributed by atoms with Crippen LogP contribution in [0.4, 0.5) is 0 Å². The lowest BCUT2D eigenvalue weighted by Crippen LogP contribution is -2.42. The van der Waals surface area contributed by atoms with E-state index in [2.05, 4.69) is 27.3 Å². The molecule has 1 amide bonds. The van der Waals surface area contributed by atoms with Gasteiger partial charge in [0.2, 0.25) is 11.8 Å². The van der Waals surface area contributed by atoms with Crippen LogP contribution < -0.4 is 5.32 Å². The topological polar surface area (TPSA) is 71.3 Å². The lowest BCUT2D eigenvalue weighted by molar-refractivity contribution is 0.0937. The molecule has 0 bridgehead atoms. The number of hydrogen-bond acceptors (Lipinski definition) is 5. The molecule has 30 heavy (non-hydrogen) atoms. The van der Waals surface area contributed by atoms with Gasteiger partial charge in [0.15, 0.2) is 0 Å². The molecule has 1 fully saturated rings. The number of hydrogen-bond donors (Lipinski definition) is 1. The third-order valence-electron chi connectivity index (χ3n) is 5.82. The van der Waals surface area contributed by atoms with E-state index in [1.807, 2.05) is 43.3 Å². The monoisotopic (exact) mass is 404 g/mol. The van der Waals surface area contributed by atoms with Crippen LogP contribution in [0.25, 0.3) is 22.9 Å². The van der Waals surface area contributed by atoms with Gasteiger partial charge in [-0.1, -0.05) is 25.1 Å². The molecular formula is C24H28N4O2. The van der Waals surface area contributed by atoms with Crippen molar-refractivity contribution in [3.05, 3.63) is 59.7 Å². The first-order valence-electron chi connectivity index (χ1n) is 10.7. The van der Waals surface area contributed by atoms with Crippen LogP contribution in [0.2, 0.25) is 0 Å². The van der Waals surface area contributed by atoms with E-state index in [1.165, 1.54) is 12.8 Å². The summed E-state index contributed by atoms with van der Waals surface area (Å²) in [4.78, 5) is 15.1. The number of carbonyl (C=O) groups excluding carboxylic acids is 1. The van der Waals surface area contributed by atoms with Crippen molar-refractivity contribution in [2.45, 2.75) is 39.2 Å². The number of nitrogens with zero attached hydrogens (tertiary/aromatic N) is 3. The predicted octanol–water partition coefficient (Wildman–Crippen LogP) is 4.32. The van der Waals surface area contributed by atoms with Gasteiger partial charge in [0.1, 0.15) is 0 Å². The average molecular weight is 405 g/mol. The number of carbonyl (C=O) groups is 1. The highest BCUT2D eigenvalue weighted by atomic mass is 16.4. The minimum Gasteiger partial charge on any atom is -0.416 e. The fraction of sp³-hybridized carbons (Fsp3) is 0.375. The summed E-state index contributed by atoms with van der Waals surface area (Å²) >= 11 is 0. The summed E-state index contributed by atoms with van der Waals surface area (Å²) in [5.74, 6) is 0.892. The molecule has 1 saturated heterocycles. The number of benzene rings is 2. The SMILES string of the molecule is CCC(CNC(=O)c1ccc(-c2nnc(-c3ccccc3C)o2)cc1)N1CCCC1. The van der Waals surface area contributed by atoms with Gasteiger partial charge in [-0.05, 0) is 75.2 Å². The molecule has 0 saturated carbocycles. The minimum absolute atomic E-state index is 0.0506. The minimum atomic E-state index is -0.0506. The molecule has 1 aromatic heterocycles. The van der Waals surface area contributed by atoms with Crippen molar-refractivity contribution in [2.24, 2.45) is 0 Å². The van der Waals surface area contributed by atoms with Gasteiger partial charge in [-0.3, -0.25) is 9.69 Å². The Bertz CT molecular complexity index is 990. The van der Waals surface area contributed by atoms with Gasteiger partial charge in [0, 0.05) is 29.3 Å². The highest BCUT2D eigenvalue weighted by Gasteiger charge is 2.21. The number of rotatable bonds is 7. The molecule has 6 nitrogen and oxygen atoms in total. The van der Waals surface area contributed by atoms with Crippen molar-refractivity contribution in [1.82, 2.24) is 20.4 Å². The van der Waals surface area contributed by atoms with Gasteiger partial charge in [-0.2, -0.15) is 0 Å². The Hall–Kier alpha value is -2.99. The third-order valence-corrected chi connectivity index (χ3v) is 5.82. The molecule has 1 atom stereocenters. The van der Waals surface area contributed by atoms with Gasteiger partial charge in [0.05, 0.1) is 0 Å². The molecule has 1 aliphatic rings. The quantitative estimate of drug-likeness (QED) is 0.635. The van der Waals surface area contributed by atoms with Gasteiger partial charge >= 0.3 is 0 Å². The second-order valence-corrected chi connectivity index (χ2v) is 7.82. The third kappa shape index (κ3) is 4.44. The zero-order valence-corrected chi connectivity index (χ0v) is 17.6. The van der Waals surface area contributed by atoms with Crippen LogP contribution in [0.15, 0.2) is 52.9 Å². The molecule has 1 N–H and O–H groups in total. The Morgan fingerprint density at radius 1 is 1.07 bits per heavy atom. The van der Waals surface area contributed by atoms with Crippen LogP contribution in [0.3, 0.4) is 0 Å². The lowest BCUT2D eigenvalue weighted by atomic mass is 10.1. The van der Waals surface area contributed by atoms with Gasteiger partial charge in [-0.15, -0.1) is 10.2 Å². The van der Waals surface area contributed by atoms with E-state index < -0.39 is 0 Å². The van der Waals surface area contributed by atoms with Crippen molar-refractivity contribution >= 4 is 5.91 Å². The highest BCUT2D eigenvalue weighted by molar-refractivity contribution is 5.94. The van der Waals surface area contributed by atoms with Crippen molar-refractivity contribution in [1.29, 1.82) is 0 Å². The summed E-state index contributed by atoms with van der Waals surface area (Å²) in [6, 6.07) is 15.6. The molecule has 0 radical (unpaired) electrons. The van der Waals surface area contributed by atoms with E-state index >= 15 is 0 Å². The second-order valence-electron chi connectivity index (χ2n) is 7.82. The van der Waals surface area contributed by atoms with Crippen LogP contribution in [-0.2, 0) is 0 Å². The maximum Gasteiger partial charge on any atom is 0.251 e. The van der Waals surface area contributed by atoms with E-state index in [-0.39, 0.29) is 5.91 Å². The van der Waals surface area contributed by atoms with E-state index in [0.29, 0.717) is 29.9 Å². The predicted molar refractivity (Wildman–Crippen MR) is 117 cm³/mol. The maximum atomic E-state index is 12.6. The maximum absolute atomic E-state index is 12.6. The molecule has 0 spiro atoms. The van der Waals surface area contributed by atoms with Gasteiger partial charge in [0.25, 0.3) is 5.91 Å². The molecule has 4 rings (SSSR count). The molecule has 1 unspecified atom stereocenters. The van der Waals surface area contributed by atoms with Gasteiger partial charge < -0.3 is 9.73 Å². The largest absolute Gasteiger partial charge is 0.416 e. The summed E-state index contributed by atoms with van der Waals surface area (Å²) in [5.41, 5.74) is 3.44. The van der Waals surface area contributed by atoms with Gasteiger partial charge in [-0.25, -0.2) is 0 Å². The molecule has 0 aliphatic carbocycles. The summed E-state index contributed by atoms with van der Waals surface area (Å²) in [6.07, 6.45) is 3.56. The summed E-state index contributed by atoms with van der Waals surface area (Å²) in [5, 5.41) is 11.4. The van der Waals surface area contributed by atoms with Crippen LogP contribution in [-0.4, -0.2) is 46.7 Å². The Balaban J connectivity index is 1.40. The van der Waals surface area contributed by atoms with Crippen LogP contribution in [0, 0.1) is 6.92 Å². The molecule has 3 aromatic rings. The standard InChI is InChI=1S/C24H28N4O2/c1-3-20(28-14-6-7-15-28)16-25-22(29)18-10-12-19(13-11-18)23-26-27-24(30-23)21-9-5-4-8-17(21)2/h4-5,8-13,20H,3,6-7,14-16H2,1-2H3,(H,25,29). The van der Waals surface area contributed by atoms with Crippen molar-refractivity contribution in [2.75, 3.05) is 19.6 Å². The fourth-order valence-electron chi connectivity index (χ4n) is 3.98. The number of nitrogens with one attached hydrogen (secondary N) is 1. The van der Waals surface area contributed by atoms with E-state index in [4.69, 9.17) is 4.42 Å². The first-order valence-corrected chi connectivity index (χ1v) is 10.7. The zero-order chi connectivity index (χ0) is 20.9. The molecule has 156 valence electrons. The number of aromatic nitrogens is 2. The van der Waals surface area contributed by atoms with E-state index in [0.717, 1.165) is 36.2 Å². The first-order chi connectivity index (χ1) is 14.7. The molecule has 6 heteroatoms. The molecule has 2 heterocycles. The lowest BCUT2D eigenvalue weighted by Gasteiger charge is -2.26. The van der Waals surface area contributed by atoms with E-state index in [9.17, 15) is 4.79 Å². The summed E-state index contributed by atoms with van der Waals surface area (Å²) < 4.78 is 5.86. The summed E-state index contributed by atoms with van der Waals surface area (Å²) in [7, 11) is 0. The Labute approximate surface area is 177 Å². The normalized spacial score (nSPS) is 15.3. The molecular weight excluding hydrogens is 376 g/mol. The van der Waals surface area contributed by atoms with Crippen molar-refractivity contribution in [3.63, 3.8) is 0 Å². The Morgan fingerprint density at radius 2 is 1.77 bits per heavy atom. The molecule has 1 aliphatic heterocycles. The molecule has 2 aromatic carbocycles. The number of amides is 1. The van der Waals surface area contributed by atoms with Crippen LogP contribution >= 0.6 is 0 Å². The smallest absolute Gasteiger partial charge is 0.251 e. The fourth-order valence-corrected chi connectivity index (χ4v) is 3.98. The first kappa shape index (κ1) is 20.3. The second kappa shape index (κ2) is 9.22. The highest BCUT2D eigenvalue weighted by Crippen LogP contribution is 2.26. The Morgan fingerprint density at radius 3 is 2.47 bits per heavy atom. The average Bonchev–Trinajstić information content (AvgIpc) is 3.47. The van der Waals surface area contributed by atoms with Crippen LogP contribution in [0.1, 0.15) is 42.1 Å². The van der Waals surface area contributed by atoms with E-state index in [1.54, 1.807) is 12.1 Å². The summed E-state index contributed by atoms with van der Waals surface area (Å²) in [6.45, 7) is 7.15. The van der Waals surface area contributed by atoms with Crippen molar-refractivity contribution in [3.8, 4) is 22.9 Å². The number of aryl methyl sites for hydroxylation is 1. The zero-order valence-electron chi connectivity index (χ0n) is 17.6. The Kier molecular flexibility index (Phi) is 6.23.